The quantitative estimate of drug-likeness (QED) is 0.709. The van der Waals surface area contributed by atoms with Gasteiger partial charge in [0.2, 0.25) is 0 Å². The first-order valence-electron chi connectivity index (χ1n) is 4.28. The van der Waals surface area contributed by atoms with Gasteiger partial charge >= 0.3 is 0 Å². The Balaban J connectivity index is 2.20. The molecule has 1 fully saturated rings. The molecule has 0 unspecified atom stereocenters. The Hall–Kier alpha value is -0.930. The van der Waals surface area contributed by atoms with Crippen molar-refractivity contribution < 1.29 is 14.2 Å². The summed E-state index contributed by atoms with van der Waals surface area (Å²) >= 11 is 0. The summed E-state index contributed by atoms with van der Waals surface area (Å²) < 4.78 is 17.7. The standard InChI is InChI=1S/C10H11FO2/c11-8-3-1-7(2-4-8)9-5-13-6-10(9)12/h1-4,9-10,12H,5-6H2/t9-,10+/m1/s1. The molecule has 1 aliphatic rings. The fourth-order valence-corrected chi connectivity index (χ4v) is 1.57. The molecule has 0 bridgehead atoms. The van der Waals surface area contributed by atoms with E-state index in [0.29, 0.717) is 13.2 Å². The van der Waals surface area contributed by atoms with Crippen LogP contribution in [0.4, 0.5) is 4.39 Å². The van der Waals surface area contributed by atoms with E-state index in [0.717, 1.165) is 5.56 Å². The molecule has 1 heterocycles. The number of ether oxygens (including phenoxy) is 1. The van der Waals surface area contributed by atoms with Gasteiger partial charge in [-0.2, -0.15) is 0 Å². The molecule has 2 rings (SSSR count). The van der Waals surface area contributed by atoms with Crippen molar-refractivity contribution in [2.75, 3.05) is 13.2 Å². The third-order valence-corrected chi connectivity index (χ3v) is 2.35. The first-order valence-corrected chi connectivity index (χ1v) is 4.28. The van der Waals surface area contributed by atoms with Crippen LogP contribution < -0.4 is 0 Å². The highest BCUT2D eigenvalue weighted by atomic mass is 19.1. The van der Waals surface area contributed by atoms with Crippen LogP contribution in [0, 0.1) is 5.82 Å². The Kier molecular flexibility index (Phi) is 2.29. The molecule has 1 aromatic rings. The van der Waals surface area contributed by atoms with Crippen molar-refractivity contribution in [2.45, 2.75) is 12.0 Å². The molecule has 3 heteroatoms. The fourth-order valence-electron chi connectivity index (χ4n) is 1.57. The Morgan fingerprint density at radius 1 is 1.23 bits per heavy atom. The minimum Gasteiger partial charge on any atom is -0.390 e. The number of aliphatic hydroxyl groups excluding tert-OH is 1. The Morgan fingerprint density at radius 3 is 2.46 bits per heavy atom. The number of halogens is 1. The summed E-state index contributed by atoms with van der Waals surface area (Å²) in [7, 11) is 0. The van der Waals surface area contributed by atoms with Crippen LogP contribution >= 0.6 is 0 Å². The lowest BCUT2D eigenvalue weighted by molar-refractivity contribution is 0.124. The lowest BCUT2D eigenvalue weighted by Gasteiger charge is -2.11. The zero-order chi connectivity index (χ0) is 9.26. The van der Waals surface area contributed by atoms with Crippen molar-refractivity contribution in [2.24, 2.45) is 0 Å². The lowest BCUT2D eigenvalue weighted by Crippen LogP contribution is -2.15. The van der Waals surface area contributed by atoms with Gasteiger partial charge in [0.25, 0.3) is 0 Å². The highest BCUT2D eigenvalue weighted by Crippen LogP contribution is 2.25. The normalized spacial score (nSPS) is 27.8. The summed E-state index contributed by atoms with van der Waals surface area (Å²) in [5.74, 6) is -0.252. The number of aliphatic hydroxyl groups is 1. The molecule has 2 atom stereocenters. The third kappa shape index (κ3) is 1.71. The molecule has 2 nitrogen and oxygen atoms in total. The fraction of sp³-hybridized carbons (Fsp3) is 0.400. The Bertz CT molecular complexity index is 283. The highest BCUT2D eigenvalue weighted by Gasteiger charge is 2.27. The maximum Gasteiger partial charge on any atom is 0.123 e. The molecule has 0 aliphatic carbocycles. The Morgan fingerprint density at radius 2 is 1.92 bits per heavy atom. The number of rotatable bonds is 1. The molecule has 13 heavy (non-hydrogen) atoms. The van der Waals surface area contributed by atoms with E-state index >= 15 is 0 Å². The van der Waals surface area contributed by atoms with Gasteiger partial charge in [-0.3, -0.25) is 0 Å². The van der Waals surface area contributed by atoms with Crippen molar-refractivity contribution >= 4 is 0 Å². The number of hydrogen-bond donors (Lipinski definition) is 1. The molecule has 0 amide bonds. The van der Waals surface area contributed by atoms with E-state index in [1.54, 1.807) is 12.1 Å². The van der Waals surface area contributed by atoms with Gasteiger partial charge in [-0.25, -0.2) is 4.39 Å². The Labute approximate surface area is 76.0 Å². The van der Waals surface area contributed by atoms with Crippen molar-refractivity contribution in [3.63, 3.8) is 0 Å². The van der Waals surface area contributed by atoms with E-state index in [1.807, 2.05) is 0 Å². The molecule has 0 spiro atoms. The lowest BCUT2D eigenvalue weighted by atomic mass is 9.96. The summed E-state index contributed by atoms with van der Waals surface area (Å²) in [6, 6.07) is 6.19. The average molecular weight is 182 g/mol. The molecule has 1 aliphatic heterocycles. The monoisotopic (exact) mass is 182 g/mol. The topological polar surface area (TPSA) is 29.5 Å². The first kappa shape index (κ1) is 8.66. The second-order valence-electron chi connectivity index (χ2n) is 3.26. The molecule has 1 N–H and O–H groups in total. The van der Waals surface area contributed by atoms with E-state index in [1.165, 1.54) is 12.1 Å². The average Bonchev–Trinajstić information content (AvgIpc) is 2.53. The van der Waals surface area contributed by atoms with Crippen LogP contribution in [-0.4, -0.2) is 24.4 Å². The molecule has 0 aromatic heterocycles. The molecule has 1 saturated heterocycles. The van der Waals surface area contributed by atoms with Gasteiger partial charge in [0, 0.05) is 5.92 Å². The predicted octanol–water partition coefficient (Wildman–Crippen LogP) is 1.30. The van der Waals surface area contributed by atoms with Crippen LogP contribution in [0.25, 0.3) is 0 Å². The number of hydrogen-bond acceptors (Lipinski definition) is 2. The summed E-state index contributed by atoms with van der Waals surface area (Å²) in [6.07, 6.45) is -0.453. The number of benzene rings is 1. The molecule has 0 saturated carbocycles. The van der Waals surface area contributed by atoms with Gasteiger partial charge in [-0.05, 0) is 17.7 Å². The van der Waals surface area contributed by atoms with Crippen LogP contribution in [0.2, 0.25) is 0 Å². The van der Waals surface area contributed by atoms with Gasteiger partial charge in [0.1, 0.15) is 5.82 Å². The van der Waals surface area contributed by atoms with E-state index in [4.69, 9.17) is 4.74 Å². The van der Waals surface area contributed by atoms with Crippen LogP contribution in [0.15, 0.2) is 24.3 Å². The van der Waals surface area contributed by atoms with E-state index in [-0.39, 0.29) is 11.7 Å². The van der Waals surface area contributed by atoms with Gasteiger partial charge in [0.05, 0.1) is 19.3 Å². The largest absolute Gasteiger partial charge is 0.390 e. The molecule has 0 radical (unpaired) electrons. The summed E-state index contributed by atoms with van der Waals surface area (Å²) in [5, 5.41) is 9.49. The second kappa shape index (κ2) is 3.44. The first-order chi connectivity index (χ1) is 6.27. The maximum absolute atomic E-state index is 12.6. The van der Waals surface area contributed by atoms with Crippen LogP contribution in [0.5, 0.6) is 0 Å². The maximum atomic E-state index is 12.6. The molecular weight excluding hydrogens is 171 g/mol. The van der Waals surface area contributed by atoms with Crippen molar-refractivity contribution in [3.05, 3.63) is 35.6 Å². The van der Waals surface area contributed by atoms with Crippen LogP contribution in [0.3, 0.4) is 0 Å². The van der Waals surface area contributed by atoms with Crippen molar-refractivity contribution in [1.29, 1.82) is 0 Å². The zero-order valence-corrected chi connectivity index (χ0v) is 7.11. The molecule has 70 valence electrons. The molecular formula is C10H11FO2. The van der Waals surface area contributed by atoms with Gasteiger partial charge in [-0.15, -0.1) is 0 Å². The van der Waals surface area contributed by atoms with Gasteiger partial charge in [0.15, 0.2) is 0 Å². The third-order valence-electron chi connectivity index (χ3n) is 2.35. The SMILES string of the molecule is O[C@H]1COC[C@@H]1c1ccc(F)cc1. The summed E-state index contributed by atoms with van der Waals surface area (Å²) in [6.45, 7) is 0.898. The predicted molar refractivity (Wildman–Crippen MR) is 46.0 cm³/mol. The minimum absolute atomic E-state index is 0.000556. The van der Waals surface area contributed by atoms with Crippen molar-refractivity contribution in [3.8, 4) is 0 Å². The highest BCUT2D eigenvalue weighted by molar-refractivity contribution is 5.22. The van der Waals surface area contributed by atoms with Gasteiger partial charge in [-0.1, -0.05) is 12.1 Å². The van der Waals surface area contributed by atoms with Crippen molar-refractivity contribution in [1.82, 2.24) is 0 Å². The second-order valence-corrected chi connectivity index (χ2v) is 3.26. The van der Waals surface area contributed by atoms with Crippen LogP contribution in [-0.2, 0) is 4.74 Å². The van der Waals surface area contributed by atoms with Gasteiger partial charge < -0.3 is 9.84 Å². The van der Waals surface area contributed by atoms with E-state index in [9.17, 15) is 9.50 Å². The summed E-state index contributed by atoms with van der Waals surface area (Å²) in [5.41, 5.74) is 0.936. The van der Waals surface area contributed by atoms with Crippen LogP contribution in [0.1, 0.15) is 11.5 Å². The van der Waals surface area contributed by atoms with E-state index < -0.39 is 6.10 Å². The van der Waals surface area contributed by atoms with E-state index in [2.05, 4.69) is 0 Å². The zero-order valence-electron chi connectivity index (χ0n) is 7.11. The molecule has 1 aromatic carbocycles. The summed E-state index contributed by atoms with van der Waals surface area (Å²) in [4.78, 5) is 0. The smallest absolute Gasteiger partial charge is 0.123 e. The minimum atomic E-state index is -0.453.